The summed E-state index contributed by atoms with van der Waals surface area (Å²) in [6, 6.07) is 10.2. The molecule has 1 aliphatic rings. The Bertz CT molecular complexity index is 1170. The van der Waals surface area contributed by atoms with Gasteiger partial charge >= 0.3 is 0 Å². The molecule has 10 heteroatoms. The van der Waals surface area contributed by atoms with Crippen molar-refractivity contribution in [3.8, 4) is 11.6 Å². The quantitative estimate of drug-likeness (QED) is 0.455. The molecule has 31 heavy (non-hydrogen) atoms. The molecule has 1 aliphatic carbocycles. The Morgan fingerprint density at radius 1 is 1.06 bits per heavy atom. The Hall–Kier alpha value is -3.59. The third-order valence-electron chi connectivity index (χ3n) is 4.91. The minimum absolute atomic E-state index is 0.0313. The highest BCUT2D eigenvalue weighted by Crippen LogP contribution is 2.49. The lowest BCUT2D eigenvalue weighted by Gasteiger charge is -2.26. The number of hydrogen-bond acceptors (Lipinski definition) is 5. The Kier molecular flexibility index (Phi) is 5.28. The summed E-state index contributed by atoms with van der Waals surface area (Å²) in [5.41, 5.74) is 4.46. The maximum atomic E-state index is 14.8. The topological polar surface area (TPSA) is 98.4 Å². The van der Waals surface area contributed by atoms with Crippen LogP contribution in [0.2, 0.25) is 5.28 Å². The van der Waals surface area contributed by atoms with Gasteiger partial charge in [0.1, 0.15) is 11.2 Å². The van der Waals surface area contributed by atoms with Crippen LogP contribution in [0.5, 0.6) is 11.6 Å². The second kappa shape index (κ2) is 7.92. The molecule has 158 valence electrons. The lowest BCUT2D eigenvalue weighted by atomic mass is 10.0. The average molecular weight is 445 g/mol. The van der Waals surface area contributed by atoms with Gasteiger partial charge in [-0.3, -0.25) is 14.5 Å². The summed E-state index contributed by atoms with van der Waals surface area (Å²) in [4.78, 5) is 33.8. The maximum Gasteiger partial charge on any atom is 0.247 e. The van der Waals surface area contributed by atoms with Crippen molar-refractivity contribution in [2.24, 2.45) is 11.1 Å². The number of rotatable bonds is 6. The van der Waals surface area contributed by atoms with E-state index in [1.165, 1.54) is 36.5 Å². The Labute approximate surface area is 180 Å². The molecule has 0 saturated heterocycles. The summed E-state index contributed by atoms with van der Waals surface area (Å²) >= 11 is 5.70. The molecule has 1 fully saturated rings. The van der Waals surface area contributed by atoms with E-state index >= 15 is 0 Å². The molecule has 1 saturated carbocycles. The van der Waals surface area contributed by atoms with Crippen LogP contribution >= 0.6 is 11.6 Å². The third-order valence-corrected chi connectivity index (χ3v) is 5.09. The summed E-state index contributed by atoms with van der Waals surface area (Å²) in [6.45, 7) is 0. The first-order valence-electron chi connectivity index (χ1n) is 9.16. The van der Waals surface area contributed by atoms with Crippen LogP contribution in [0.15, 0.2) is 54.7 Å². The van der Waals surface area contributed by atoms with Gasteiger partial charge in [-0.2, -0.15) is 4.98 Å². The molecular formula is C21H15ClF2N4O3. The molecule has 2 amide bonds. The van der Waals surface area contributed by atoms with Crippen LogP contribution in [-0.4, -0.2) is 21.8 Å². The van der Waals surface area contributed by atoms with Gasteiger partial charge in [-0.1, -0.05) is 0 Å². The first-order valence-corrected chi connectivity index (χ1v) is 9.54. The second-order valence-electron chi connectivity index (χ2n) is 6.94. The number of anilines is 2. The molecule has 0 aliphatic heterocycles. The van der Waals surface area contributed by atoms with Crippen LogP contribution in [0.4, 0.5) is 20.2 Å². The number of carbonyl (C=O) groups is 2. The highest BCUT2D eigenvalue weighted by Gasteiger charge is 2.57. The second-order valence-corrected chi connectivity index (χ2v) is 7.28. The molecule has 0 bridgehead atoms. The van der Waals surface area contributed by atoms with Crippen molar-refractivity contribution in [3.63, 3.8) is 0 Å². The molecule has 7 nitrogen and oxygen atoms in total. The van der Waals surface area contributed by atoms with E-state index in [-0.39, 0.29) is 41.1 Å². The van der Waals surface area contributed by atoms with E-state index in [1.54, 1.807) is 0 Å². The van der Waals surface area contributed by atoms with Crippen LogP contribution in [0, 0.1) is 17.0 Å². The van der Waals surface area contributed by atoms with E-state index < -0.39 is 28.9 Å². The van der Waals surface area contributed by atoms with Crippen molar-refractivity contribution >= 4 is 34.8 Å². The fourth-order valence-corrected chi connectivity index (χ4v) is 3.22. The lowest BCUT2D eigenvalue weighted by molar-refractivity contribution is -0.133. The van der Waals surface area contributed by atoms with Gasteiger partial charge in [-0.05, 0) is 60.8 Å². The van der Waals surface area contributed by atoms with E-state index in [0.29, 0.717) is 0 Å². The van der Waals surface area contributed by atoms with Crippen molar-refractivity contribution in [1.82, 2.24) is 9.97 Å². The molecule has 4 rings (SSSR count). The fraction of sp³-hybridized carbons (Fsp3) is 0.143. The summed E-state index contributed by atoms with van der Waals surface area (Å²) < 4.78 is 33.6. The molecule has 0 radical (unpaired) electrons. The van der Waals surface area contributed by atoms with Crippen molar-refractivity contribution < 1.29 is 23.1 Å². The molecule has 2 N–H and O–H groups in total. The van der Waals surface area contributed by atoms with Crippen LogP contribution in [0.25, 0.3) is 0 Å². The number of halogens is 3. The zero-order valence-corrected chi connectivity index (χ0v) is 16.6. The molecular weight excluding hydrogens is 430 g/mol. The number of hydrogen-bond donors (Lipinski definition) is 1. The van der Waals surface area contributed by atoms with Crippen molar-refractivity contribution in [1.29, 1.82) is 0 Å². The maximum absolute atomic E-state index is 14.8. The number of carbonyl (C=O) groups excluding carboxylic acids is 2. The number of amides is 2. The smallest absolute Gasteiger partial charge is 0.247 e. The van der Waals surface area contributed by atoms with Gasteiger partial charge in [0.15, 0.2) is 11.6 Å². The van der Waals surface area contributed by atoms with Crippen molar-refractivity contribution in [3.05, 3.63) is 71.6 Å². The normalized spacial score (nSPS) is 14.0. The number of aromatic nitrogens is 2. The van der Waals surface area contributed by atoms with Gasteiger partial charge in [-0.25, -0.2) is 13.8 Å². The van der Waals surface area contributed by atoms with E-state index in [9.17, 15) is 18.4 Å². The van der Waals surface area contributed by atoms with Crippen LogP contribution in [-0.2, 0) is 9.59 Å². The van der Waals surface area contributed by atoms with Crippen LogP contribution in [0.1, 0.15) is 12.8 Å². The standard InChI is InChI=1S/C21H15ClF2N4O3/c22-20-26-10-7-17(27-20)31-16-6-5-14(11-15(16)24)28(13-3-1-12(23)2-4-13)19(30)21(8-9-21)18(25)29/h1-7,10-11H,8-9H2,(H2,25,29). The number of benzene rings is 2. The number of primary amides is 1. The fourth-order valence-electron chi connectivity index (χ4n) is 3.08. The van der Waals surface area contributed by atoms with Crippen LogP contribution < -0.4 is 15.4 Å². The van der Waals surface area contributed by atoms with Gasteiger partial charge in [0, 0.05) is 24.0 Å². The van der Waals surface area contributed by atoms with Gasteiger partial charge in [0.05, 0.1) is 5.69 Å². The molecule has 1 aromatic heterocycles. The molecule has 0 spiro atoms. The van der Waals surface area contributed by atoms with Gasteiger partial charge in [-0.15, -0.1) is 0 Å². The highest BCUT2D eigenvalue weighted by atomic mass is 35.5. The first-order chi connectivity index (χ1) is 14.8. The summed E-state index contributed by atoms with van der Waals surface area (Å²) in [5, 5.41) is -0.0659. The predicted molar refractivity (Wildman–Crippen MR) is 108 cm³/mol. The van der Waals surface area contributed by atoms with Crippen molar-refractivity contribution in [2.75, 3.05) is 4.90 Å². The minimum atomic E-state index is -1.36. The number of ether oxygens (including phenoxy) is 1. The number of nitrogens with zero attached hydrogens (tertiary/aromatic N) is 3. The van der Waals surface area contributed by atoms with E-state index in [1.807, 2.05) is 0 Å². The van der Waals surface area contributed by atoms with Gasteiger partial charge in [0.25, 0.3) is 0 Å². The molecule has 0 atom stereocenters. The lowest BCUT2D eigenvalue weighted by Crippen LogP contribution is -2.41. The average Bonchev–Trinajstić information content (AvgIpc) is 3.54. The predicted octanol–water partition coefficient (Wildman–Crippen LogP) is 4.13. The summed E-state index contributed by atoms with van der Waals surface area (Å²) in [6.07, 6.45) is 1.93. The zero-order valence-electron chi connectivity index (χ0n) is 15.9. The third kappa shape index (κ3) is 4.04. The largest absolute Gasteiger partial charge is 0.436 e. The number of nitrogens with two attached hydrogens (primary N) is 1. The first kappa shape index (κ1) is 20.7. The van der Waals surface area contributed by atoms with Gasteiger partial charge < -0.3 is 10.5 Å². The van der Waals surface area contributed by atoms with Gasteiger partial charge in [0.2, 0.25) is 23.0 Å². The Morgan fingerprint density at radius 2 is 1.74 bits per heavy atom. The highest BCUT2D eigenvalue weighted by molar-refractivity contribution is 6.28. The molecule has 1 heterocycles. The molecule has 3 aromatic rings. The Balaban J connectivity index is 1.71. The SMILES string of the molecule is NC(=O)C1(C(=O)N(c2ccc(F)cc2)c2ccc(Oc3ccnc(Cl)n3)c(F)c2)CC1. The summed E-state index contributed by atoms with van der Waals surface area (Å²) in [5.74, 6) is -2.81. The van der Waals surface area contributed by atoms with Crippen molar-refractivity contribution in [2.45, 2.75) is 12.8 Å². The Morgan fingerprint density at radius 3 is 2.32 bits per heavy atom. The summed E-state index contributed by atoms with van der Waals surface area (Å²) in [7, 11) is 0. The monoisotopic (exact) mass is 444 g/mol. The minimum Gasteiger partial charge on any atom is -0.436 e. The van der Waals surface area contributed by atoms with E-state index in [2.05, 4.69) is 9.97 Å². The van der Waals surface area contributed by atoms with E-state index in [4.69, 9.17) is 22.1 Å². The molecule has 2 aromatic carbocycles. The molecule has 0 unspecified atom stereocenters. The van der Waals surface area contributed by atoms with Crippen LogP contribution in [0.3, 0.4) is 0 Å². The zero-order chi connectivity index (χ0) is 22.2. The van der Waals surface area contributed by atoms with E-state index in [0.717, 1.165) is 23.1 Å².